The second kappa shape index (κ2) is 11.1. The Hall–Kier alpha value is -3.79. The number of halogens is 2. The molecule has 2 aromatic heterocycles. The Morgan fingerprint density at radius 1 is 1.14 bits per heavy atom. The van der Waals surface area contributed by atoms with Crippen LogP contribution in [0.4, 0.5) is 20.2 Å². The zero-order valence-electron chi connectivity index (χ0n) is 19.5. The van der Waals surface area contributed by atoms with Gasteiger partial charge in [0.05, 0.1) is 37.0 Å². The van der Waals surface area contributed by atoms with Crippen molar-refractivity contribution >= 4 is 17.3 Å². The Kier molecular flexibility index (Phi) is 7.71. The van der Waals surface area contributed by atoms with Crippen molar-refractivity contribution in [1.82, 2.24) is 9.97 Å². The van der Waals surface area contributed by atoms with Gasteiger partial charge < -0.3 is 24.4 Å². The van der Waals surface area contributed by atoms with Crippen molar-refractivity contribution in [3.63, 3.8) is 0 Å². The summed E-state index contributed by atoms with van der Waals surface area (Å²) in [5.74, 6) is -1.48. The number of pyridine rings is 2. The van der Waals surface area contributed by atoms with Gasteiger partial charge in [0.1, 0.15) is 17.5 Å². The highest BCUT2D eigenvalue weighted by molar-refractivity contribution is 6.07. The third-order valence-corrected chi connectivity index (χ3v) is 5.66. The van der Waals surface area contributed by atoms with Crippen molar-refractivity contribution in [2.45, 2.75) is 25.6 Å². The lowest BCUT2D eigenvalue weighted by molar-refractivity contribution is 0.102. The first-order chi connectivity index (χ1) is 17.0. The molecule has 184 valence electrons. The Labute approximate surface area is 201 Å². The molecule has 1 aromatic carbocycles. The van der Waals surface area contributed by atoms with E-state index >= 15 is 0 Å². The van der Waals surface area contributed by atoms with Gasteiger partial charge in [-0.3, -0.25) is 9.78 Å². The Balaban J connectivity index is 1.50. The minimum atomic E-state index is -0.721. The molecule has 3 heterocycles. The van der Waals surface area contributed by atoms with Gasteiger partial charge in [0.15, 0.2) is 11.6 Å². The minimum absolute atomic E-state index is 0.0366. The first-order valence-electron chi connectivity index (χ1n) is 11.1. The summed E-state index contributed by atoms with van der Waals surface area (Å²) in [7, 11) is 3.04. The maximum Gasteiger partial charge on any atom is 0.261 e. The lowest BCUT2D eigenvalue weighted by atomic mass is 10.1. The summed E-state index contributed by atoms with van der Waals surface area (Å²) >= 11 is 0. The quantitative estimate of drug-likeness (QED) is 0.513. The summed E-state index contributed by atoms with van der Waals surface area (Å²) < 4.78 is 43.4. The van der Waals surface area contributed by atoms with Gasteiger partial charge in [-0.05, 0) is 30.3 Å². The van der Waals surface area contributed by atoms with Crippen LogP contribution in [-0.4, -0.2) is 49.3 Å². The van der Waals surface area contributed by atoms with Gasteiger partial charge in [0, 0.05) is 45.3 Å². The summed E-state index contributed by atoms with van der Waals surface area (Å²) in [6, 6.07) is 8.45. The molecule has 0 spiro atoms. The molecule has 1 amide bonds. The Morgan fingerprint density at radius 2 is 1.94 bits per heavy atom. The fourth-order valence-electron chi connectivity index (χ4n) is 3.95. The first-order valence-corrected chi connectivity index (χ1v) is 11.1. The number of hydrogen-bond acceptors (Lipinski definition) is 7. The molecule has 0 radical (unpaired) electrons. The van der Waals surface area contributed by atoms with E-state index < -0.39 is 11.6 Å². The molecule has 3 aromatic rings. The summed E-state index contributed by atoms with van der Waals surface area (Å²) in [6.07, 6.45) is 4.15. The summed E-state index contributed by atoms with van der Waals surface area (Å²) in [6.45, 7) is 1.52. The number of methoxy groups -OCH3 is 2. The number of carbonyl (C=O) groups excluding carboxylic acids is 1. The van der Waals surface area contributed by atoms with E-state index in [1.807, 2.05) is 6.07 Å². The molecule has 0 atom stereocenters. The average molecular weight is 485 g/mol. The predicted octanol–water partition coefficient (Wildman–Crippen LogP) is 4.21. The molecule has 1 N–H and O–H groups in total. The Bertz CT molecular complexity index is 1190. The van der Waals surface area contributed by atoms with E-state index in [1.165, 1.54) is 19.2 Å². The number of nitrogens with zero attached hydrogens (tertiary/aromatic N) is 3. The first kappa shape index (κ1) is 24.3. The van der Waals surface area contributed by atoms with Crippen molar-refractivity contribution in [2.24, 2.45) is 0 Å². The van der Waals surface area contributed by atoms with Gasteiger partial charge in [-0.2, -0.15) is 0 Å². The second-order valence-corrected chi connectivity index (χ2v) is 8.02. The topological polar surface area (TPSA) is 85.8 Å². The van der Waals surface area contributed by atoms with E-state index in [1.54, 1.807) is 31.6 Å². The van der Waals surface area contributed by atoms with Gasteiger partial charge >= 0.3 is 0 Å². The van der Waals surface area contributed by atoms with Gasteiger partial charge in [0.2, 0.25) is 5.88 Å². The molecule has 4 rings (SSSR count). The molecule has 0 bridgehead atoms. The van der Waals surface area contributed by atoms with Crippen LogP contribution in [0.5, 0.6) is 11.6 Å². The lowest BCUT2D eigenvalue weighted by Gasteiger charge is -2.35. The second-order valence-electron chi connectivity index (χ2n) is 8.02. The number of aromatic nitrogens is 2. The molecule has 10 heteroatoms. The molecular formula is C25H26F2N4O4. The highest BCUT2D eigenvalue weighted by Crippen LogP contribution is 2.31. The van der Waals surface area contributed by atoms with Crippen molar-refractivity contribution in [3.05, 3.63) is 71.7 Å². The van der Waals surface area contributed by atoms with Gasteiger partial charge in [-0.1, -0.05) is 0 Å². The largest absolute Gasteiger partial charge is 0.487 e. The molecule has 1 fully saturated rings. The zero-order valence-corrected chi connectivity index (χ0v) is 19.5. The maximum atomic E-state index is 14.0. The zero-order chi connectivity index (χ0) is 24.8. The molecule has 0 saturated carbocycles. The molecule has 8 nitrogen and oxygen atoms in total. The monoisotopic (exact) mass is 484 g/mol. The highest BCUT2D eigenvalue weighted by Gasteiger charge is 2.25. The summed E-state index contributed by atoms with van der Waals surface area (Å²) in [4.78, 5) is 23.5. The van der Waals surface area contributed by atoms with E-state index in [9.17, 15) is 13.6 Å². The van der Waals surface area contributed by atoms with Crippen LogP contribution in [0.3, 0.4) is 0 Å². The fourth-order valence-corrected chi connectivity index (χ4v) is 3.95. The van der Waals surface area contributed by atoms with E-state index in [4.69, 9.17) is 14.2 Å². The molecule has 0 unspecified atom stereocenters. The molecule has 1 saturated heterocycles. The smallest absolute Gasteiger partial charge is 0.261 e. The summed E-state index contributed by atoms with van der Waals surface area (Å²) in [5, 5.41) is 2.91. The van der Waals surface area contributed by atoms with Crippen LogP contribution < -0.4 is 19.7 Å². The van der Waals surface area contributed by atoms with Crippen LogP contribution in [-0.2, 0) is 11.3 Å². The number of carbonyl (C=O) groups is 1. The number of nitrogens with one attached hydrogen (secondary N) is 1. The van der Waals surface area contributed by atoms with Crippen molar-refractivity contribution < 1.29 is 27.8 Å². The van der Waals surface area contributed by atoms with Crippen LogP contribution in [0.1, 0.15) is 28.9 Å². The number of hydrogen-bond donors (Lipinski definition) is 1. The number of rotatable bonds is 8. The average Bonchev–Trinajstić information content (AvgIpc) is 2.87. The van der Waals surface area contributed by atoms with Gasteiger partial charge in [-0.15, -0.1) is 0 Å². The van der Waals surface area contributed by atoms with Gasteiger partial charge in [0.25, 0.3) is 5.91 Å². The normalized spacial score (nSPS) is 14.0. The van der Waals surface area contributed by atoms with Crippen molar-refractivity contribution in [1.29, 1.82) is 0 Å². The lowest BCUT2D eigenvalue weighted by Crippen LogP contribution is -2.39. The minimum Gasteiger partial charge on any atom is -0.487 e. The molecule has 1 aliphatic rings. The molecule has 35 heavy (non-hydrogen) atoms. The van der Waals surface area contributed by atoms with E-state index in [0.717, 1.165) is 11.8 Å². The third kappa shape index (κ3) is 5.83. The highest BCUT2D eigenvalue weighted by atomic mass is 19.1. The maximum absolute atomic E-state index is 14.0. The van der Waals surface area contributed by atoms with E-state index in [2.05, 4.69) is 20.2 Å². The van der Waals surface area contributed by atoms with E-state index in [-0.39, 0.29) is 23.6 Å². The SMILES string of the molecule is COCc1cc(N2CCC(Oc3ccc(F)cc3F)CC2)c(NC(=O)c2cccnc2OC)cn1. The molecule has 0 aliphatic carbocycles. The number of piperidine rings is 1. The number of benzene rings is 1. The van der Waals surface area contributed by atoms with Gasteiger partial charge in [-0.25, -0.2) is 13.8 Å². The van der Waals surface area contributed by atoms with Crippen molar-refractivity contribution in [2.75, 3.05) is 37.5 Å². The number of amides is 1. The van der Waals surface area contributed by atoms with Crippen molar-refractivity contribution in [3.8, 4) is 11.6 Å². The predicted molar refractivity (Wildman–Crippen MR) is 126 cm³/mol. The Morgan fingerprint density at radius 3 is 2.66 bits per heavy atom. The standard InChI is InChI=1S/C25H26F2N4O4/c1-33-15-17-13-22(21(14-29-17)30-24(32)19-4-3-9-28-25(19)34-2)31-10-7-18(8-11-31)35-23-6-5-16(26)12-20(23)27/h3-6,9,12-14,18H,7-8,10-11,15H2,1-2H3,(H,30,32). The number of ether oxygens (including phenoxy) is 3. The van der Waals surface area contributed by atoms with Crippen LogP contribution in [0, 0.1) is 11.6 Å². The van der Waals surface area contributed by atoms with Crippen LogP contribution >= 0.6 is 0 Å². The van der Waals surface area contributed by atoms with Crippen LogP contribution in [0.25, 0.3) is 0 Å². The van der Waals surface area contributed by atoms with E-state index in [0.29, 0.717) is 49.5 Å². The molecular weight excluding hydrogens is 458 g/mol. The van der Waals surface area contributed by atoms with Crippen LogP contribution in [0.2, 0.25) is 0 Å². The summed E-state index contributed by atoms with van der Waals surface area (Å²) in [5.41, 5.74) is 2.33. The third-order valence-electron chi connectivity index (χ3n) is 5.66. The molecule has 1 aliphatic heterocycles. The number of anilines is 2. The van der Waals surface area contributed by atoms with Crippen LogP contribution in [0.15, 0.2) is 48.8 Å². The fraction of sp³-hybridized carbons (Fsp3) is 0.320.